The highest BCUT2D eigenvalue weighted by Gasteiger charge is 2.36. The fraction of sp³-hybridized carbons (Fsp3) is 0.154. The summed E-state index contributed by atoms with van der Waals surface area (Å²) in [6.45, 7) is 1.89. The van der Waals surface area contributed by atoms with Gasteiger partial charge in [-0.3, -0.25) is 9.36 Å². The maximum atomic E-state index is 13.7. The van der Waals surface area contributed by atoms with Crippen LogP contribution in [0.3, 0.4) is 0 Å². The predicted octanol–water partition coefficient (Wildman–Crippen LogP) is 4.98. The quantitative estimate of drug-likeness (QED) is 0.458. The number of amides is 1. The molecule has 0 spiro atoms. The molecule has 0 saturated heterocycles. The number of imidazole rings is 1. The maximum Gasteiger partial charge on any atom is 0.255 e. The molecule has 166 valence electrons. The standard InChI is InChI=1S/C26H24N4O3/c1-16-23(25(31)28-17-9-5-4-6-10-17)24(19-15-18(32-2)13-14-22(19)33-3)30-21-12-8-7-11-20(21)29-26(30)27-16/h4-15,24H,1-3H3,(H,27,29)(H,28,31). The fourth-order valence-electron chi connectivity index (χ4n) is 4.33. The van der Waals surface area contributed by atoms with E-state index in [0.717, 1.165) is 28.0 Å². The first-order valence-corrected chi connectivity index (χ1v) is 10.6. The number of aromatic nitrogens is 2. The number of fused-ring (bicyclic) bond motifs is 3. The summed E-state index contributed by atoms with van der Waals surface area (Å²) in [4.78, 5) is 18.4. The summed E-state index contributed by atoms with van der Waals surface area (Å²) in [5, 5.41) is 6.37. The number of nitrogens with one attached hydrogen (secondary N) is 2. The van der Waals surface area contributed by atoms with Gasteiger partial charge in [-0.2, -0.15) is 0 Å². The van der Waals surface area contributed by atoms with E-state index in [1.54, 1.807) is 14.2 Å². The first-order chi connectivity index (χ1) is 16.1. The van der Waals surface area contributed by atoms with Crippen molar-refractivity contribution in [2.75, 3.05) is 24.9 Å². The molecule has 3 aromatic carbocycles. The van der Waals surface area contributed by atoms with Crippen LogP contribution in [0.25, 0.3) is 11.0 Å². The number of allylic oxidation sites excluding steroid dienone is 1. The molecular weight excluding hydrogens is 416 g/mol. The van der Waals surface area contributed by atoms with E-state index in [4.69, 9.17) is 14.5 Å². The lowest BCUT2D eigenvalue weighted by molar-refractivity contribution is -0.113. The van der Waals surface area contributed by atoms with E-state index in [1.807, 2.05) is 84.3 Å². The Morgan fingerprint density at radius 1 is 1.00 bits per heavy atom. The lowest BCUT2D eigenvalue weighted by Gasteiger charge is -2.31. The number of benzene rings is 3. The van der Waals surface area contributed by atoms with Gasteiger partial charge in [-0.1, -0.05) is 30.3 Å². The van der Waals surface area contributed by atoms with E-state index >= 15 is 0 Å². The largest absolute Gasteiger partial charge is 0.497 e. The summed E-state index contributed by atoms with van der Waals surface area (Å²) in [6, 6.07) is 22.4. The molecule has 1 atom stereocenters. The molecule has 0 fully saturated rings. The number of nitrogens with zero attached hydrogens (tertiary/aromatic N) is 2. The van der Waals surface area contributed by atoms with E-state index in [1.165, 1.54) is 0 Å². The van der Waals surface area contributed by atoms with Crippen LogP contribution in [0.5, 0.6) is 11.5 Å². The molecule has 7 heteroatoms. The molecule has 2 N–H and O–H groups in total. The zero-order valence-corrected chi connectivity index (χ0v) is 18.6. The van der Waals surface area contributed by atoms with Crippen molar-refractivity contribution in [1.82, 2.24) is 9.55 Å². The first-order valence-electron chi connectivity index (χ1n) is 10.6. The number of ether oxygens (including phenoxy) is 2. The Kier molecular flexibility index (Phi) is 5.22. The van der Waals surface area contributed by atoms with Gasteiger partial charge in [-0.15, -0.1) is 0 Å². The molecule has 1 aliphatic rings. The number of para-hydroxylation sites is 3. The molecule has 0 aliphatic carbocycles. The molecule has 0 bridgehead atoms. The van der Waals surface area contributed by atoms with E-state index in [-0.39, 0.29) is 5.91 Å². The van der Waals surface area contributed by atoms with Gasteiger partial charge < -0.3 is 20.1 Å². The van der Waals surface area contributed by atoms with E-state index < -0.39 is 6.04 Å². The zero-order chi connectivity index (χ0) is 22.9. The molecule has 1 aliphatic heterocycles. The second-order valence-electron chi connectivity index (χ2n) is 7.79. The molecule has 0 saturated carbocycles. The van der Waals surface area contributed by atoms with Crippen LogP contribution in [0.15, 0.2) is 84.1 Å². The summed E-state index contributed by atoms with van der Waals surface area (Å²) >= 11 is 0. The van der Waals surface area contributed by atoms with Gasteiger partial charge in [0.05, 0.1) is 36.9 Å². The second-order valence-corrected chi connectivity index (χ2v) is 7.79. The number of carbonyl (C=O) groups excluding carboxylic acids is 1. The molecule has 5 rings (SSSR count). The third-order valence-corrected chi connectivity index (χ3v) is 5.84. The molecule has 4 aromatic rings. The normalized spacial score (nSPS) is 15.1. The number of hydrogen-bond donors (Lipinski definition) is 2. The summed E-state index contributed by atoms with van der Waals surface area (Å²) in [6.07, 6.45) is 0. The van der Waals surface area contributed by atoms with Crippen LogP contribution in [-0.2, 0) is 4.79 Å². The molecule has 7 nitrogen and oxygen atoms in total. The zero-order valence-electron chi connectivity index (χ0n) is 18.6. The van der Waals surface area contributed by atoms with Gasteiger partial charge in [0.15, 0.2) is 0 Å². The van der Waals surface area contributed by atoms with Crippen LogP contribution in [0.1, 0.15) is 18.5 Å². The van der Waals surface area contributed by atoms with Crippen LogP contribution >= 0.6 is 0 Å². The molecule has 0 radical (unpaired) electrons. The Bertz CT molecular complexity index is 1380. The van der Waals surface area contributed by atoms with Crippen LogP contribution in [0.2, 0.25) is 0 Å². The van der Waals surface area contributed by atoms with Crippen molar-refractivity contribution in [3.05, 3.63) is 89.6 Å². The molecular formula is C26H24N4O3. The minimum Gasteiger partial charge on any atom is -0.497 e. The van der Waals surface area contributed by atoms with Crippen molar-refractivity contribution >= 4 is 28.6 Å². The Labute approximate surface area is 191 Å². The third kappa shape index (κ3) is 3.57. The smallest absolute Gasteiger partial charge is 0.255 e. The van der Waals surface area contributed by atoms with E-state index in [9.17, 15) is 4.79 Å². The molecule has 1 amide bonds. The van der Waals surface area contributed by atoms with Crippen LogP contribution < -0.4 is 20.1 Å². The summed E-state index contributed by atoms with van der Waals surface area (Å²) in [5.74, 6) is 1.80. The van der Waals surface area contributed by atoms with Crippen molar-refractivity contribution in [2.45, 2.75) is 13.0 Å². The summed E-state index contributed by atoms with van der Waals surface area (Å²) in [5.41, 5.74) is 4.57. The number of methoxy groups -OCH3 is 2. The lowest BCUT2D eigenvalue weighted by Crippen LogP contribution is -2.31. The van der Waals surface area contributed by atoms with Crippen molar-refractivity contribution in [3.63, 3.8) is 0 Å². The van der Waals surface area contributed by atoms with Crippen molar-refractivity contribution in [1.29, 1.82) is 0 Å². The number of carbonyl (C=O) groups is 1. The highest BCUT2D eigenvalue weighted by molar-refractivity contribution is 6.06. The van der Waals surface area contributed by atoms with Crippen LogP contribution in [0, 0.1) is 0 Å². The maximum absolute atomic E-state index is 13.7. The SMILES string of the molecule is COc1ccc(OC)c(C2C(C(=O)Nc3ccccc3)=C(C)Nc3nc4ccccc4n32)c1. The Hall–Kier alpha value is -4.26. The van der Waals surface area contributed by atoms with Crippen molar-refractivity contribution in [2.24, 2.45) is 0 Å². The van der Waals surface area contributed by atoms with Crippen molar-refractivity contribution in [3.8, 4) is 11.5 Å². The second kappa shape index (κ2) is 8.35. The van der Waals surface area contributed by atoms with Gasteiger partial charge >= 0.3 is 0 Å². The monoisotopic (exact) mass is 440 g/mol. The van der Waals surface area contributed by atoms with Gasteiger partial charge in [0, 0.05) is 16.9 Å². The van der Waals surface area contributed by atoms with Gasteiger partial charge in [-0.05, 0) is 49.4 Å². The lowest BCUT2D eigenvalue weighted by atomic mass is 9.93. The van der Waals surface area contributed by atoms with E-state index in [2.05, 4.69) is 10.6 Å². The Balaban J connectivity index is 1.73. The first kappa shape index (κ1) is 20.6. The molecule has 1 unspecified atom stereocenters. The minimum atomic E-state index is -0.484. The fourth-order valence-corrected chi connectivity index (χ4v) is 4.33. The molecule has 33 heavy (non-hydrogen) atoms. The topological polar surface area (TPSA) is 77.4 Å². The average molecular weight is 441 g/mol. The number of rotatable bonds is 5. The average Bonchev–Trinajstić information content (AvgIpc) is 3.21. The van der Waals surface area contributed by atoms with Crippen LogP contribution in [-0.4, -0.2) is 29.7 Å². The van der Waals surface area contributed by atoms with E-state index in [0.29, 0.717) is 23.0 Å². The van der Waals surface area contributed by atoms with Gasteiger partial charge in [0.2, 0.25) is 5.95 Å². The summed E-state index contributed by atoms with van der Waals surface area (Å²) < 4.78 is 13.3. The van der Waals surface area contributed by atoms with Crippen LogP contribution in [0.4, 0.5) is 11.6 Å². The predicted molar refractivity (Wildman–Crippen MR) is 129 cm³/mol. The molecule has 1 aromatic heterocycles. The summed E-state index contributed by atoms with van der Waals surface area (Å²) in [7, 11) is 3.25. The van der Waals surface area contributed by atoms with Crippen molar-refractivity contribution < 1.29 is 14.3 Å². The third-order valence-electron chi connectivity index (χ3n) is 5.84. The van der Waals surface area contributed by atoms with Gasteiger partial charge in [0.1, 0.15) is 11.5 Å². The van der Waals surface area contributed by atoms with Gasteiger partial charge in [-0.25, -0.2) is 4.98 Å². The minimum absolute atomic E-state index is 0.204. The highest BCUT2D eigenvalue weighted by Crippen LogP contribution is 2.43. The highest BCUT2D eigenvalue weighted by atomic mass is 16.5. The number of hydrogen-bond acceptors (Lipinski definition) is 5. The Morgan fingerprint density at radius 2 is 1.76 bits per heavy atom. The Morgan fingerprint density at radius 3 is 2.52 bits per heavy atom. The molecule has 2 heterocycles. The number of anilines is 2. The van der Waals surface area contributed by atoms with Gasteiger partial charge in [0.25, 0.3) is 5.91 Å².